The highest BCUT2D eigenvalue weighted by Crippen LogP contribution is 2.24. The van der Waals surface area contributed by atoms with Gasteiger partial charge in [0.15, 0.2) is 5.82 Å². The first kappa shape index (κ1) is 18.5. The van der Waals surface area contributed by atoms with Crippen LogP contribution in [0.4, 0.5) is 0 Å². The third-order valence-electron chi connectivity index (χ3n) is 3.06. The van der Waals surface area contributed by atoms with E-state index in [0.29, 0.717) is 29.2 Å². The highest BCUT2D eigenvalue weighted by atomic mass is 35.5. The second kappa shape index (κ2) is 8.78. The summed E-state index contributed by atoms with van der Waals surface area (Å²) >= 11 is 5.99. The van der Waals surface area contributed by atoms with Crippen molar-refractivity contribution in [2.45, 2.75) is 19.4 Å². The van der Waals surface area contributed by atoms with Crippen LogP contribution in [-0.2, 0) is 6.42 Å². The average Bonchev–Trinajstić information content (AvgIpc) is 2.92. The summed E-state index contributed by atoms with van der Waals surface area (Å²) in [5.41, 5.74) is 0.855. The molecule has 0 fully saturated rings. The zero-order valence-corrected chi connectivity index (χ0v) is 14.2. The Morgan fingerprint density at radius 2 is 2.18 bits per heavy atom. The molecule has 0 saturated carbocycles. The molecule has 2 aromatic rings. The number of likely N-dealkylation sites (N-methyl/N-ethyl adjacent to an activating group) is 1. The van der Waals surface area contributed by atoms with Crippen LogP contribution < -0.4 is 10.1 Å². The molecule has 0 bridgehead atoms. The lowest BCUT2D eigenvalue weighted by Gasteiger charge is -2.04. The molecule has 0 saturated heterocycles. The fraction of sp³-hybridized carbons (Fsp3) is 0.333. The van der Waals surface area contributed by atoms with Gasteiger partial charge in [0.1, 0.15) is 5.75 Å². The van der Waals surface area contributed by atoms with Crippen molar-refractivity contribution >= 4 is 36.2 Å². The standard InChI is InChI=1S/C15H18ClN3O2.ClH/c1-10(17-2)8-14-18-15(21-19-14)7-4-11-9-12(16)5-6-13(11)20-3;/h4-7,9-10,17H,8H2,1-3H3;1H/b7-4+;. The van der Waals surface area contributed by atoms with Crippen molar-refractivity contribution in [2.24, 2.45) is 0 Å². The molecule has 1 atom stereocenters. The molecule has 7 heteroatoms. The molecule has 1 N–H and O–H groups in total. The topological polar surface area (TPSA) is 60.2 Å². The van der Waals surface area contributed by atoms with Gasteiger partial charge in [-0.15, -0.1) is 12.4 Å². The molecule has 2 rings (SSSR count). The summed E-state index contributed by atoms with van der Waals surface area (Å²) in [6.45, 7) is 2.06. The second-order valence-electron chi connectivity index (χ2n) is 4.66. The van der Waals surface area contributed by atoms with Crippen molar-refractivity contribution in [3.05, 3.63) is 40.5 Å². The number of benzene rings is 1. The molecule has 0 aliphatic rings. The van der Waals surface area contributed by atoms with E-state index >= 15 is 0 Å². The van der Waals surface area contributed by atoms with E-state index in [0.717, 1.165) is 11.3 Å². The second-order valence-corrected chi connectivity index (χ2v) is 5.10. The molecular weight excluding hydrogens is 325 g/mol. The van der Waals surface area contributed by atoms with E-state index in [4.69, 9.17) is 20.9 Å². The van der Waals surface area contributed by atoms with Gasteiger partial charge in [0, 0.05) is 29.1 Å². The molecule has 0 aliphatic heterocycles. The Morgan fingerprint density at radius 3 is 2.86 bits per heavy atom. The minimum absolute atomic E-state index is 0. The summed E-state index contributed by atoms with van der Waals surface area (Å²) in [7, 11) is 3.52. The highest BCUT2D eigenvalue weighted by molar-refractivity contribution is 6.30. The Bertz CT molecular complexity index is 629. The van der Waals surface area contributed by atoms with Gasteiger partial charge in [-0.2, -0.15) is 4.98 Å². The molecule has 1 unspecified atom stereocenters. The maximum atomic E-state index is 5.99. The molecule has 1 heterocycles. The first-order valence-electron chi connectivity index (χ1n) is 6.64. The molecule has 5 nitrogen and oxygen atoms in total. The first-order valence-corrected chi connectivity index (χ1v) is 7.01. The molecule has 0 amide bonds. The van der Waals surface area contributed by atoms with Gasteiger partial charge in [0.2, 0.25) is 0 Å². The van der Waals surface area contributed by atoms with Gasteiger partial charge >= 0.3 is 0 Å². The third-order valence-corrected chi connectivity index (χ3v) is 3.30. The number of rotatable bonds is 6. The Balaban J connectivity index is 0.00000242. The maximum absolute atomic E-state index is 5.99. The number of methoxy groups -OCH3 is 1. The fourth-order valence-corrected chi connectivity index (χ4v) is 1.97. The summed E-state index contributed by atoms with van der Waals surface area (Å²) < 4.78 is 10.5. The zero-order valence-electron chi connectivity index (χ0n) is 12.7. The molecule has 1 aromatic heterocycles. The van der Waals surface area contributed by atoms with E-state index < -0.39 is 0 Å². The summed E-state index contributed by atoms with van der Waals surface area (Å²) in [4.78, 5) is 4.31. The smallest absolute Gasteiger partial charge is 0.250 e. The normalized spacial score (nSPS) is 12.2. The lowest BCUT2D eigenvalue weighted by molar-refractivity contribution is 0.400. The van der Waals surface area contributed by atoms with Crippen LogP contribution in [0.5, 0.6) is 5.75 Å². The molecule has 0 spiro atoms. The minimum Gasteiger partial charge on any atom is -0.496 e. The van der Waals surface area contributed by atoms with Crippen LogP contribution >= 0.6 is 24.0 Å². The van der Waals surface area contributed by atoms with Gasteiger partial charge in [0.05, 0.1) is 7.11 Å². The third kappa shape index (κ3) is 5.02. The Hall–Kier alpha value is -1.56. The number of hydrogen-bond acceptors (Lipinski definition) is 5. The maximum Gasteiger partial charge on any atom is 0.250 e. The van der Waals surface area contributed by atoms with Crippen LogP contribution in [0.1, 0.15) is 24.2 Å². The highest BCUT2D eigenvalue weighted by Gasteiger charge is 2.08. The molecule has 1 aromatic carbocycles. The van der Waals surface area contributed by atoms with E-state index in [1.165, 1.54) is 0 Å². The van der Waals surface area contributed by atoms with Gasteiger partial charge in [0.25, 0.3) is 5.89 Å². The summed E-state index contributed by atoms with van der Waals surface area (Å²) in [5.74, 6) is 1.86. The monoisotopic (exact) mass is 343 g/mol. The van der Waals surface area contributed by atoms with Crippen LogP contribution in [0.25, 0.3) is 12.2 Å². The largest absolute Gasteiger partial charge is 0.496 e. The number of ether oxygens (including phenoxy) is 1. The molecule has 0 aliphatic carbocycles. The van der Waals surface area contributed by atoms with Crippen molar-refractivity contribution < 1.29 is 9.26 Å². The van der Waals surface area contributed by atoms with Gasteiger partial charge in [-0.25, -0.2) is 0 Å². The number of nitrogens with one attached hydrogen (secondary N) is 1. The Morgan fingerprint density at radius 1 is 1.41 bits per heavy atom. The molecule has 0 radical (unpaired) electrons. The van der Waals surface area contributed by atoms with Crippen molar-refractivity contribution in [1.29, 1.82) is 0 Å². The fourth-order valence-electron chi connectivity index (χ4n) is 1.79. The predicted molar refractivity (Wildman–Crippen MR) is 90.7 cm³/mol. The van der Waals surface area contributed by atoms with Crippen molar-refractivity contribution in [3.8, 4) is 5.75 Å². The number of nitrogens with zero attached hydrogens (tertiary/aromatic N) is 2. The van der Waals surface area contributed by atoms with Crippen molar-refractivity contribution in [3.63, 3.8) is 0 Å². The van der Waals surface area contributed by atoms with Gasteiger partial charge in [-0.3, -0.25) is 0 Å². The van der Waals surface area contributed by atoms with Crippen molar-refractivity contribution in [1.82, 2.24) is 15.5 Å². The van der Waals surface area contributed by atoms with Crippen LogP contribution in [-0.4, -0.2) is 30.3 Å². The SMILES string of the molecule is CNC(C)Cc1noc(/C=C/c2cc(Cl)ccc2OC)n1.Cl. The van der Waals surface area contributed by atoms with Crippen molar-refractivity contribution in [2.75, 3.05) is 14.2 Å². The van der Waals surface area contributed by atoms with Crippen LogP contribution in [0.15, 0.2) is 22.7 Å². The van der Waals surface area contributed by atoms with Gasteiger partial charge in [-0.1, -0.05) is 16.8 Å². The first-order chi connectivity index (χ1) is 10.1. The van der Waals surface area contributed by atoms with Crippen LogP contribution in [0.3, 0.4) is 0 Å². The summed E-state index contributed by atoms with van der Waals surface area (Å²) in [6.07, 6.45) is 4.30. The van der Waals surface area contributed by atoms with E-state index in [-0.39, 0.29) is 12.4 Å². The minimum atomic E-state index is 0. The lowest BCUT2D eigenvalue weighted by atomic mass is 10.2. The number of hydrogen-bond donors (Lipinski definition) is 1. The van der Waals surface area contributed by atoms with E-state index in [1.54, 1.807) is 19.3 Å². The lowest BCUT2D eigenvalue weighted by Crippen LogP contribution is -2.24. The number of aromatic nitrogens is 2. The summed E-state index contributed by atoms with van der Waals surface area (Å²) in [5, 5.41) is 7.72. The van der Waals surface area contributed by atoms with Gasteiger partial charge in [-0.05, 0) is 38.2 Å². The van der Waals surface area contributed by atoms with Crippen LogP contribution in [0.2, 0.25) is 5.02 Å². The zero-order chi connectivity index (χ0) is 15.2. The Labute approximate surface area is 141 Å². The molecular formula is C15H19Cl2N3O2. The van der Waals surface area contributed by atoms with Gasteiger partial charge < -0.3 is 14.6 Å². The molecule has 22 heavy (non-hydrogen) atoms. The van der Waals surface area contributed by atoms with E-state index in [9.17, 15) is 0 Å². The number of halogens is 2. The van der Waals surface area contributed by atoms with E-state index in [2.05, 4.69) is 22.4 Å². The average molecular weight is 344 g/mol. The molecule has 120 valence electrons. The quantitative estimate of drug-likeness (QED) is 0.869. The predicted octanol–water partition coefficient (Wildman–Crippen LogP) is 3.47. The van der Waals surface area contributed by atoms with Crippen LogP contribution in [0, 0.1) is 0 Å². The summed E-state index contributed by atoms with van der Waals surface area (Å²) in [6, 6.07) is 5.71. The van der Waals surface area contributed by atoms with E-state index in [1.807, 2.05) is 25.3 Å². The Kier molecular flexibility index (Phi) is 7.38.